The van der Waals surface area contributed by atoms with Crippen molar-refractivity contribution in [2.45, 2.75) is 4.83 Å². The number of hydrogen-bond acceptors (Lipinski definition) is 3. The fourth-order valence-electron chi connectivity index (χ4n) is 1.85. The average Bonchev–Trinajstić information content (AvgIpc) is 2.84. The summed E-state index contributed by atoms with van der Waals surface area (Å²) >= 11 is 11.2. The minimum absolute atomic E-state index is 0.130. The van der Waals surface area contributed by atoms with E-state index in [-0.39, 0.29) is 4.83 Å². The number of fused-ring (bicyclic) bond motifs is 1. The lowest BCUT2D eigenvalue weighted by molar-refractivity contribution is 0.171. The molecule has 1 aromatic heterocycles. The molecule has 0 N–H and O–H groups in total. The maximum absolute atomic E-state index is 5.96. The highest BCUT2D eigenvalue weighted by molar-refractivity contribution is 9.09. The molecule has 0 amide bonds. The Hall–Kier alpha value is -0.710. The van der Waals surface area contributed by atoms with Gasteiger partial charge in [-0.2, -0.15) is 0 Å². The third-order valence-electron chi connectivity index (χ3n) is 2.70. The van der Waals surface area contributed by atoms with Crippen LogP contribution in [0.2, 0.25) is 4.34 Å². The number of rotatable bonds is 2. The van der Waals surface area contributed by atoms with Gasteiger partial charge in [0.15, 0.2) is 11.5 Å². The van der Waals surface area contributed by atoms with Gasteiger partial charge in [0, 0.05) is 4.88 Å². The molecule has 1 aromatic carbocycles. The molecule has 1 atom stereocenters. The van der Waals surface area contributed by atoms with Crippen LogP contribution in [0.1, 0.15) is 15.3 Å². The van der Waals surface area contributed by atoms with Crippen LogP contribution in [-0.2, 0) is 0 Å². The summed E-state index contributed by atoms with van der Waals surface area (Å²) in [7, 11) is 0. The van der Waals surface area contributed by atoms with E-state index in [1.54, 1.807) is 11.3 Å². The molecule has 2 aromatic rings. The third kappa shape index (κ3) is 2.37. The first-order valence-electron chi connectivity index (χ1n) is 5.53. The van der Waals surface area contributed by atoms with E-state index in [0.29, 0.717) is 13.2 Å². The van der Waals surface area contributed by atoms with Crippen molar-refractivity contribution < 1.29 is 9.47 Å². The van der Waals surface area contributed by atoms with Crippen molar-refractivity contribution in [1.29, 1.82) is 0 Å². The Kier molecular flexibility index (Phi) is 3.50. The van der Waals surface area contributed by atoms with Crippen molar-refractivity contribution in [3.05, 3.63) is 45.1 Å². The van der Waals surface area contributed by atoms with Crippen molar-refractivity contribution in [2.24, 2.45) is 0 Å². The fourth-order valence-corrected chi connectivity index (χ4v) is 3.63. The van der Waals surface area contributed by atoms with Gasteiger partial charge in [0.05, 0.1) is 9.16 Å². The van der Waals surface area contributed by atoms with Crippen LogP contribution in [0, 0.1) is 0 Å². The van der Waals surface area contributed by atoms with Crippen LogP contribution in [0.3, 0.4) is 0 Å². The van der Waals surface area contributed by atoms with E-state index in [1.165, 1.54) is 4.88 Å². The summed E-state index contributed by atoms with van der Waals surface area (Å²) in [5.41, 5.74) is 1.14. The third-order valence-corrected chi connectivity index (χ3v) is 5.32. The van der Waals surface area contributed by atoms with Gasteiger partial charge in [-0.1, -0.05) is 33.6 Å². The van der Waals surface area contributed by atoms with E-state index >= 15 is 0 Å². The van der Waals surface area contributed by atoms with Gasteiger partial charge >= 0.3 is 0 Å². The normalized spacial score (nSPS) is 15.4. The summed E-state index contributed by atoms with van der Waals surface area (Å²) in [5, 5.41) is 0. The van der Waals surface area contributed by atoms with Crippen LogP contribution in [0.5, 0.6) is 11.5 Å². The van der Waals surface area contributed by atoms with Gasteiger partial charge < -0.3 is 9.47 Å². The molecule has 0 saturated carbocycles. The summed E-state index contributed by atoms with van der Waals surface area (Å²) in [4.78, 5) is 1.31. The van der Waals surface area contributed by atoms with Crippen LogP contribution in [0.25, 0.3) is 0 Å². The Morgan fingerprint density at radius 3 is 2.61 bits per heavy atom. The molecular weight excluding hydrogens is 336 g/mol. The minimum atomic E-state index is 0.130. The molecule has 18 heavy (non-hydrogen) atoms. The molecule has 0 saturated heterocycles. The van der Waals surface area contributed by atoms with E-state index in [2.05, 4.69) is 15.9 Å². The van der Waals surface area contributed by atoms with Crippen LogP contribution >= 0.6 is 38.9 Å². The van der Waals surface area contributed by atoms with Crippen LogP contribution in [0.4, 0.5) is 0 Å². The Bertz CT molecular complexity index is 570. The van der Waals surface area contributed by atoms with Gasteiger partial charge in [0.1, 0.15) is 13.2 Å². The van der Waals surface area contributed by atoms with Crippen LogP contribution < -0.4 is 9.47 Å². The molecule has 2 nitrogen and oxygen atoms in total. The van der Waals surface area contributed by atoms with Gasteiger partial charge in [-0.3, -0.25) is 0 Å². The number of halogens is 2. The van der Waals surface area contributed by atoms with E-state index in [9.17, 15) is 0 Å². The molecule has 0 radical (unpaired) electrons. The monoisotopic (exact) mass is 344 g/mol. The van der Waals surface area contributed by atoms with Crippen molar-refractivity contribution in [3.8, 4) is 11.5 Å². The Balaban J connectivity index is 1.92. The van der Waals surface area contributed by atoms with Crippen molar-refractivity contribution >= 4 is 38.9 Å². The predicted molar refractivity (Wildman–Crippen MR) is 77.5 cm³/mol. The number of benzene rings is 1. The highest BCUT2D eigenvalue weighted by Gasteiger charge is 2.17. The molecule has 0 fully saturated rings. The second-order valence-electron chi connectivity index (χ2n) is 3.91. The van der Waals surface area contributed by atoms with E-state index in [1.807, 2.05) is 30.3 Å². The molecule has 94 valence electrons. The van der Waals surface area contributed by atoms with Crippen LogP contribution in [0.15, 0.2) is 30.3 Å². The molecule has 0 bridgehead atoms. The first kappa shape index (κ1) is 12.3. The summed E-state index contributed by atoms with van der Waals surface area (Å²) in [6, 6.07) is 9.95. The van der Waals surface area contributed by atoms with Gasteiger partial charge in [-0.05, 0) is 29.8 Å². The number of thiophene rings is 1. The Morgan fingerprint density at radius 2 is 1.89 bits per heavy atom. The van der Waals surface area contributed by atoms with Crippen LogP contribution in [-0.4, -0.2) is 13.2 Å². The SMILES string of the molecule is Clc1ccc(C(Br)c2ccc3c(c2)OCCO3)s1. The molecule has 3 rings (SSSR count). The molecule has 5 heteroatoms. The van der Waals surface area contributed by atoms with Gasteiger partial charge in [-0.25, -0.2) is 0 Å². The highest BCUT2D eigenvalue weighted by atomic mass is 79.9. The number of alkyl halides is 1. The lowest BCUT2D eigenvalue weighted by Crippen LogP contribution is -2.15. The Morgan fingerprint density at radius 1 is 1.11 bits per heavy atom. The molecule has 1 unspecified atom stereocenters. The maximum Gasteiger partial charge on any atom is 0.161 e. The lowest BCUT2D eigenvalue weighted by Gasteiger charge is -2.19. The molecular formula is C13H10BrClO2S. The zero-order valence-electron chi connectivity index (χ0n) is 9.36. The van der Waals surface area contributed by atoms with Crippen molar-refractivity contribution in [3.63, 3.8) is 0 Å². The van der Waals surface area contributed by atoms with Crippen molar-refractivity contribution in [2.75, 3.05) is 13.2 Å². The predicted octanol–water partition coefficient (Wildman–Crippen LogP) is 4.66. The Labute approximate surface area is 123 Å². The first-order valence-corrected chi connectivity index (χ1v) is 7.64. The zero-order chi connectivity index (χ0) is 12.5. The van der Waals surface area contributed by atoms with Gasteiger partial charge in [0.25, 0.3) is 0 Å². The molecule has 1 aliphatic rings. The molecule has 0 spiro atoms. The second kappa shape index (κ2) is 5.11. The van der Waals surface area contributed by atoms with Crippen molar-refractivity contribution in [1.82, 2.24) is 0 Å². The summed E-state index contributed by atoms with van der Waals surface area (Å²) < 4.78 is 11.9. The average molecular weight is 346 g/mol. The molecule has 2 heterocycles. The number of ether oxygens (including phenoxy) is 2. The quantitative estimate of drug-likeness (QED) is 0.737. The van der Waals surface area contributed by atoms with E-state index in [0.717, 1.165) is 21.4 Å². The standard InChI is InChI=1S/C13H10BrClO2S/c14-13(11-3-4-12(15)18-11)8-1-2-9-10(7-8)17-6-5-16-9/h1-4,7,13H,5-6H2. The lowest BCUT2D eigenvalue weighted by atomic mass is 10.1. The summed E-state index contributed by atoms with van der Waals surface area (Å²) in [5.74, 6) is 1.62. The minimum Gasteiger partial charge on any atom is -0.486 e. The summed E-state index contributed by atoms with van der Waals surface area (Å²) in [6.45, 7) is 1.22. The first-order chi connectivity index (χ1) is 8.74. The highest BCUT2D eigenvalue weighted by Crippen LogP contribution is 2.40. The smallest absolute Gasteiger partial charge is 0.161 e. The molecule has 0 aliphatic carbocycles. The molecule has 1 aliphatic heterocycles. The van der Waals surface area contributed by atoms with E-state index < -0.39 is 0 Å². The summed E-state index contributed by atoms with van der Waals surface area (Å²) in [6.07, 6.45) is 0. The topological polar surface area (TPSA) is 18.5 Å². The zero-order valence-corrected chi connectivity index (χ0v) is 12.5. The van der Waals surface area contributed by atoms with E-state index in [4.69, 9.17) is 21.1 Å². The number of hydrogen-bond donors (Lipinski definition) is 0. The van der Waals surface area contributed by atoms with Gasteiger partial charge in [0.2, 0.25) is 0 Å². The fraction of sp³-hybridized carbons (Fsp3) is 0.231. The van der Waals surface area contributed by atoms with Gasteiger partial charge in [-0.15, -0.1) is 11.3 Å². The maximum atomic E-state index is 5.96. The largest absolute Gasteiger partial charge is 0.486 e. The second-order valence-corrected chi connectivity index (χ2v) is 6.57.